The Morgan fingerprint density at radius 2 is 2.18 bits per heavy atom. The van der Waals surface area contributed by atoms with Crippen LogP contribution in [0.4, 0.5) is 0 Å². The molecule has 2 aliphatic heterocycles. The number of piperidine rings is 1. The molecule has 0 aromatic heterocycles. The summed E-state index contributed by atoms with van der Waals surface area (Å²) in [6.07, 6.45) is 1.65. The van der Waals surface area contributed by atoms with Crippen molar-refractivity contribution in [3.8, 4) is 11.5 Å². The molecule has 1 aromatic carbocycles. The number of halogens is 1. The van der Waals surface area contributed by atoms with E-state index in [1.54, 1.807) is 0 Å². The Kier molecular flexibility index (Phi) is 4.45. The van der Waals surface area contributed by atoms with Crippen LogP contribution >= 0.6 is 11.6 Å². The Bertz CT molecular complexity index is 578. The van der Waals surface area contributed by atoms with Gasteiger partial charge >= 0.3 is 5.97 Å². The summed E-state index contributed by atoms with van der Waals surface area (Å²) >= 11 is 6.26. The molecule has 6 heteroatoms. The smallest absolute Gasteiger partial charge is 0.308 e. The number of benzene rings is 1. The van der Waals surface area contributed by atoms with Crippen LogP contribution in [-0.4, -0.2) is 41.8 Å². The number of fused-ring (bicyclic) bond motifs is 1. The summed E-state index contributed by atoms with van der Waals surface area (Å²) < 4.78 is 11.1. The van der Waals surface area contributed by atoms with Crippen LogP contribution in [0.5, 0.6) is 11.5 Å². The van der Waals surface area contributed by atoms with Crippen LogP contribution in [0, 0.1) is 5.92 Å². The van der Waals surface area contributed by atoms with Crippen molar-refractivity contribution < 1.29 is 19.4 Å². The quantitative estimate of drug-likeness (QED) is 0.926. The molecular formula is C16H20ClNO4. The maximum Gasteiger partial charge on any atom is 0.308 e. The standard InChI is InChI=1S/C16H20ClNO4/c1-10-12(16(19)20)3-2-4-18(10)9-11-7-13(17)15-14(8-11)21-5-6-22-15/h7-8,10,12H,2-6,9H2,1H3,(H,19,20)/t10-,12-/m1/s1. The van der Waals surface area contributed by atoms with Crippen molar-refractivity contribution in [1.29, 1.82) is 0 Å². The van der Waals surface area contributed by atoms with Crippen molar-refractivity contribution in [3.05, 3.63) is 22.7 Å². The first-order valence-electron chi connectivity index (χ1n) is 7.61. The zero-order chi connectivity index (χ0) is 15.7. The summed E-state index contributed by atoms with van der Waals surface area (Å²) in [7, 11) is 0. The maximum atomic E-state index is 11.3. The molecule has 5 nitrogen and oxygen atoms in total. The number of likely N-dealkylation sites (tertiary alicyclic amines) is 1. The summed E-state index contributed by atoms with van der Waals surface area (Å²) in [5.41, 5.74) is 1.02. The molecule has 0 saturated carbocycles. The van der Waals surface area contributed by atoms with Crippen LogP contribution in [0.2, 0.25) is 5.02 Å². The fraction of sp³-hybridized carbons (Fsp3) is 0.562. The molecular weight excluding hydrogens is 306 g/mol. The maximum absolute atomic E-state index is 11.3. The van der Waals surface area contributed by atoms with Gasteiger partial charge in [-0.05, 0) is 44.0 Å². The Hall–Kier alpha value is -1.46. The zero-order valence-electron chi connectivity index (χ0n) is 12.5. The number of hydrogen-bond acceptors (Lipinski definition) is 4. The highest BCUT2D eigenvalue weighted by atomic mass is 35.5. The second kappa shape index (κ2) is 6.34. The van der Waals surface area contributed by atoms with E-state index in [0.29, 0.717) is 36.3 Å². The number of ether oxygens (including phenoxy) is 2. The van der Waals surface area contributed by atoms with E-state index in [0.717, 1.165) is 24.9 Å². The lowest BCUT2D eigenvalue weighted by Crippen LogP contribution is -2.45. The Morgan fingerprint density at radius 1 is 1.41 bits per heavy atom. The molecule has 0 spiro atoms. The average Bonchev–Trinajstić information content (AvgIpc) is 2.49. The van der Waals surface area contributed by atoms with Crippen molar-refractivity contribution in [2.75, 3.05) is 19.8 Å². The molecule has 1 N–H and O–H groups in total. The van der Waals surface area contributed by atoms with Gasteiger partial charge in [-0.25, -0.2) is 0 Å². The summed E-state index contributed by atoms with van der Waals surface area (Å²) in [6.45, 7) is 4.58. The monoisotopic (exact) mass is 325 g/mol. The molecule has 2 heterocycles. The summed E-state index contributed by atoms with van der Waals surface area (Å²) in [6, 6.07) is 3.84. The minimum absolute atomic E-state index is 0.0122. The van der Waals surface area contributed by atoms with Crippen LogP contribution in [0.25, 0.3) is 0 Å². The molecule has 1 fully saturated rings. The van der Waals surface area contributed by atoms with E-state index in [1.165, 1.54) is 0 Å². The van der Waals surface area contributed by atoms with E-state index in [9.17, 15) is 9.90 Å². The highest BCUT2D eigenvalue weighted by molar-refractivity contribution is 6.32. The number of rotatable bonds is 3. The van der Waals surface area contributed by atoms with Gasteiger partial charge in [-0.3, -0.25) is 9.69 Å². The first kappa shape index (κ1) is 15.4. The second-order valence-corrected chi connectivity index (χ2v) is 6.31. The van der Waals surface area contributed by atoms with Gasteiger partial charge in [0.1, 0.15) is 13.2 Å². The molecule has 1 saturated heterocycles. The highest BCUT2D eigenvalue weighted by Gasteiger charge is 2.33. The van der Waals surface area contributed by atoms with Gasteiger partial charge in [-0.15, -0.1) is 0 Å². The van der Waals surface area contributed by atoms with Crippen molar-refractivity contribution in [2.45, 2.75) is 32.4 Å². The van der Waals surface area contributed by atoms with Crippen LogP contribution in [0.15, 0.2) is 12.1 Å². The molecule has 1 aromatic rings. The van der Waals surface area contributed by atoms with E-state index in [4.69, 9.17) is 21.1 Å². The normalized spacial score (nSPS) is 25.0. The third kappa shape index (κ3) is 3.01. The SMILES string of the molecule is C[C@@H]1[C@H](C(=O)O)CCCN1Cc1cc(Cl)c2c(c1)OCCO2. The van der Waals surface area contributed by atoms with Gasteiger partial charge < -0.3 is 14.6 Å². The van der Waals surface area contributed by atoms with Gasteiger partial charge in [0, 0.05) is 12.6 Å². The van der Waals surface area contributed by atoms with E-state index < -0.39 is 5.97 Å². The fourth-order valence-electron chi connectivity index (χ4n) is 3.26. The first-order valence-corrected chi connectivity index (χ1v) is 7.99. The van der Waals surface area contributed by atoms with Crippen molar-refractivity contribution >= 4 is 17.6 Å². The number of aliphatic carboxylic acids is 1. The molecule has 22 heavy (non-hydrogen) atoms. The third-order valence-corrected chi connectivity index (χ3v) is 4.76. The number of carboxylic acid groups (broad SMARTS) is 1. The summed E-state index contributed by atoms with van der Waals surface area (Å²) in [4.78, 5) is 13.5. The predicted molar refractivity (Wildman–Crippen MR) is 82.7 cm³/mol. The zero-order valence-corrected chi connectivity index (χ0v) is 13.3. The Morgan fingerprint density at radius 3 is 2.95 bits per heavy atom. The minimum atomic E-state index is -0.711. The van der Waals surface area contributed by atoms with Gasteiger partial charge in [-0.1, -0.05) is 11.6 Å². The van der Waals surface area contributed by atoms with Gasteiger partial charge in [0.2, 0.25) is 0 Å². The van der Waals surface area contributed by atoms with E-state index in [1.807, 2.05) is 19.1 Å². The molecule has 0 aliphatic carbocycles. The van der Waals surface area contributed by atoms with Gasteiger partial charge in [0.15, 0.2) is 11.5 Å². The summed E-state index contributed by atoms with van der Waals surface area (Å²) in [5.74, 6) is 0.263. The molecule has 0 amide bonds. The Labute approximate surface area is 134 Å². The van der Waals surface area contributed by atoms with Gasteiger partial charge in [0.25, 0.3) is 0 Å². The van der Waals surface area contributed by atoms with Gasteiger partial charge in [-0.2, -0.15) is 0 Å². The Balaban J connectivity index is 1.78. The average molecular weight is 326 g/mol. The third-order valence-electron chi connectivity index (χ3n) is 4.48. The van der Waals surface area contributed by atoms with Crippen LogP contribution in [0.1, 0.15) is 25.3 Å². The highest BCUT2D eigenvalue weighted by Crippen LogP contribution is 2.39. The number of carbonyl (C=O) groups is 1. The topological polar surface area (TPSA) is 59.0 Å². The lowest BCUT2D eigenvalue weighted by atomic mass is 9.90. The predicted octanol–water partition coefficient (Wildman–Crippen LogP) is 2.80. The summed E-state index contributed by atoms with van der Waals surface area (Å²) in [5, 5.41) is 9.86. The molecule has 120 valence electrons. The van der Waals surface area contributed by atoms with Crippen molar-refractivity contribution in [3.63, 3.8) is 0 Å². The molecule has 3 rings (SSSR count). The molecule has 0 unspecified atom stereocenters. The first-order chi connectivity index (χ1) is 10.6. The van der Waals surface area contributed by atoms with E-state index in [2.05, 4.69) is 4.90 Å². The largest absolute Gasteiger partial charge is 0.486 e. The van der Waals surface area contributed by atoms with Gasteiger partial charge in [0.05, 0.1) is 10.9 Å². The van der Waals surface area contributed by atoms with E-state index >= 15 is 0 Å². The van der Waals surface area contributed by atoms with Crippen LogP contribution in [0.3, 0.4) is 0 Å². The van der Waals surface area contributed by atoms with E-state index in [-0.39, 0.29) is 12.0 Å². The molecule has 2 atom stereocenters. The lowest BCUT2D eigenvalue weighted by molar-refractivity contribution is -0.145. The van der Waals surface area contributed by atoms with Crippen LogP contribution < -0.4 is 9.47 Å². The number of nitrogens with zero attached hydrogens (tertiary/aromatic N) is 1. The molecule has 2 aliphatic rings. The minimum Gasteiger partial charge on any atom is -0.486 e. The molecule has 0 bridgehead atoms. The van der Waals surface area contributed by atoms with Crippen molar-refractivity contribution in [2.24, 2.45) is 5.92 Å². The lowest BCUT2D eigenvalue weighted by Gasteiger charge is -2.37. The second-order valence-electron chi connectivity index (χ2n) is 5.90. The van der Waals surface area contributed by atoms with Crippen LogP contribution in [-0.2, 0) is 11.3 Å². The number of hydrogen-bond donors (Lipinski definition) is 1. The number of carboxylic acids is 1. The fourth-order valence-corrected chi connectivity index (χ4v) is 3.54. The molecule has 0 radical (unpaired) electrons. The van der Waals surface area contributed by atoms with Crippen molar-refractivity contribution in [1.82, 2.24) is 4.90 Å².